The largest absolute Gasteiger partial charge is 0.508 e. The summed E-state index contributed by atoms with van der Waals surface area (Å²) in [5.74, 6) is -16.2. The number of aliphatic hydroxyl groups is 8. The number of carboxylic acids is 1. The van der Waals surface area contributed by atoms with Crippen LogP contribution >= 0.6 is 46.1 Å². The first-order valence-corrected chi connectivity index (χ1v) is 41.6. The molecule has 1 unspecified atom stereocenters. The van der Waals surface area contributed by atoms with Gasteiger partial charge in [0.05, 0.1) is 41.3 Å². The van der Waals surface area contributed by atoms with Gasteiger partial charge in [0.2, 0.25) is 53.4 Å². The Bertz CT molecular complexity index is 5250. The lowest BCUT2D eigenvalue weighted by Crippen LogP contribution is -2.65. The summed E-state index contributed by atoms with van der Waals surface area (Å²) in [7, 11) is 1.46. The second-order valence-electron chi connectivity index (χ2n) is 31.7. The fourth-order valence-corrected chi connectivity index (χ4v) is 16.9. The molecule has 8 aliphatic heterocycles. The van der Waals surface area contributed by atoms with E-state index in [-0.39, 0.29) is 43.0 Å². The standard InChI is InChI=1S/C83H93Cl3N10O29S/c1-31(2)18-45(89-5)74(109)95-62-64(102)34-7-15-49(43(85)20-34)119-51-22-36-23-52(71(51)124-82-69(107)67(105)72(54(30-97)122-82)125-81-68(106)66(104)65(103)53(121-81)29-90-28-40-13-17-57(126-40)118-39-11-9-37(84)10-12-39)120-50-16-8-35(21-44(50)86)70(123-56-27-83(4,88)73(108)32(3)117-56)63-79(114)94-61(80(115)116)42-24-38(98)25-48(100)58(42)41-19-33(6-14-47(41)99)59(76(111)96-63)93-77(112)60(36)92-75(110)46(26-55(87)101)91-78(62)113/h6-17,19-25,31-32,45-46,53-54,56,59-70,72-73,81-82,89-90,97-100,102-108H,18,26-30,88H2,1-5H3,(H2,87,101)(H,91,113)(H,92,110)(H,93,112)(H,94,114)(H,95,109)(H,96,111)(H,115,116)/t32-,45+,46-,53+,54+,56-,59+,60+,61+,62?,63-,64+,65-,66-,67+,68+,69+,70+,72+,73-,81-,82-,83-/m0/s1. The maximum atomic E-state index is 16.4. The van der Waals surface area contributed by atoms with Crippen molar-refractivity contribution in [3.8, 4) is 67.9 Å². The third-order valence-corrected chi connectivity index (χ3v) is 23.8. The van der Waals surface area contributed by atoms with E-state index in [0.29, 0.717) is 15.8 Å². The molecule has 0 spiro atoms. The van der Waals surface area contributed by atoms with E-state index in [1.807, 2.05) is 0 Å². The molecule has 8 aliphatic rings. The Balaban J connectivity index is 0.959. The molecule has 7 aromatic rings. The monoisotopic (exact) mass is 1830 g/mol. The van der Waals surface area contributed by atoms with E-state index < -0.39 is 284 Å². The lowest BCUT2D eigenvalue weighted by molar-refractivity contribution is -0.350. The second-order valence-corrected chi connectivity index (χ2v) is 34.1. The van der Waals surface area contributed by atoms with E-state index in [0.717, 1.165) is 71.6 Å². The number of aromatic hydroxyl groups is 3. The van der Waals surface area contributed by atoms with E-state index in [1.165, 1.54) is 44.4 Å². The van der Waals surface area contributed by atoms with Crippen LogP contribution in [0.3, 0.4) is 0 Å². The number of thiophene rings is 1. The van der Waals surface area contributed by atoms with Crippen molar-refractivity contribution in [1.29, 1.82) is 0 Å². The zero-order valence-electron chi connectivity index (χ0n) is 67.5. The molecule has 0 saturated carbocycles. The van der Waals surface area contributed by atoms with Crippen molar-refractivity contribution >= 4 is 93.5 Å². The number of hydrogen-bond acceptors (Lipinski definition) is 32. The van der Waals surface area contributed by atoms with E-state index in [1.54, 1.807) is 50.2 Å². The molecular formula is C83H93Cl3N10O29S. The van der Waals surface area contributed by atoms with Crippen LogP contribution in [0.4, 0.5) is 0 Å². The number of amides is 7. The number of carbonyl (C=O) groups excluding carboxylic acids is 7. The number of halogens is 3. The van der Waals surface area contributed by atoms with Crippen LogP contribution in [-0.2, 0) is 68.6 Å². The van der Waals surface area contributed by atoms with Crippen LogP contribution in [0.5, 0.6) is 56.8 Å². The van der Waals surface area contributed by atoms with Crippen molar-refractivity contribution in [2.24, 2.45) is 17.4 Å². The molecule has 3 saturated heterocycles. The number of rotatable bonds is 21. The Morgan fingerprint density at radius 1 is 0.659 bits per heavy atom. The predicted molar refractivity (Wildman–Crippen MR) is 442 cm³/mol. The summed E-state index contributed by atoms with van der Waals surface area (Å²) in [4.78, 5) is 121. The number of aliphatic carboxylic acids is 1. The molecule has 9 heterocycles. The fourth-order valence-electron chi connectivity index (χ4n) is 15.5. The maximum Gasteiger partial charge on any atom is 0.330 e. The van der Waals surface area contributed by atoms with Gasteiger partial charge in [0, 0.05) is 57.7 Å². The van der Waals surface area contributed by atoms with Crippen LogP contribution in [-0.4, -0.2) is 238 Å². The van der Waals surface area contributed by atoms with E-state index in [2.05, 4.69) is 42.5 Å². The summed E-state index contributed by atoms with van der Waals surface area (Å²) in [5.41, 5.74) is 7.98. The zero-order chi connectivity index (χ0) is 90.9. The van der Waals surface area contributed by atoms with Crippen LogP contribution in [0.1, 0.15) is 110 Å². The van der Waals surface area contributed by atoms with Gasteiger partial charge in [-0.3, -0.25) is 33.6 Å². The summed E-state index contributed by atoms with van der Waals surface area (Å²) in [6, 6.07) is 9.15. The average Bonchev–Trinajstić information content (AvgIpc) is 0.820. The highest BCUT2D eigenvalue weighted by Crippen LogP contribution is 2.51. The summed E-state index contributed by atoms with van der Waals surface area (Å²) in [6.45, 7) is 5.39. The maximum absolute atomic E-state index is 16.4. The number of ether oxygens (including phenoxy) is 9. The van der Waals surface area contributed by atoms with Gasteiger partial charge >= 0.3 is 5.97 Å². The van der Waals surface area contributed by atoms with Crippen LogP contribution < -0.4 is 72.9 Å². The highest BCUT2D eigenvalue weighted by atomic mass is 35.5. The van der Waals surface area contributed by atoms with Crippen molar-refractivity contribution in [3.05, 3.63) is 163 Å². The van der Waals surface area contributed by atoms with E-state index >= 15 is 24.0 Å². The highest BCUT2D eigenvalue weighted by molar-refractivity contribution is 7.13. The molecule has 6 aromatic carbocycles. The zero-order valence-corrected chi connectivity index (χ0v) is 70.6. The SMILES string of the molecule is CN[C@H](CC(C)C)C(=O)NC1C(=O)N[C@@H](CC(N)=O)C(=O)N[C@H]2C(=O)N[C@H]3C(=O)N[C@H](C(=O)N[C@@H](C(=O)O)c4cc(O)cc(O)c4-c4cc3ccc4O)[C@H](O[C@H]3C[C@](C)(N)[C@@H](O)[C@H](C)O3)c3ccc(c(Cl)c3)Oc3cc2cc(c3O[C@@H]2O[C@H](CO)[C@@H](O[C@@H]3O[C@H](CNCc4ccc(Oc5ccc(Cl)cc5)s4)[C@H](O)[C@H](O)[C@H]3O)[C@H](O)[C@H]2O)Oc2ccc(cc2Cl)[C@H]1O. The molecule has 39 nitrogen and oxygen atoms in total. The number of carboxylic acid groups (broad SMARTS) is 1. The molecule has 676 valence electrons. The molecule has 0 radical (unpaired) electrons. The number of carbonyl (C=O) groups is 8. The van der Waals surface area contributed by atoms with Crippen molar-refractivity contribution in [2.45, 2.75) is 193 Å². The number of fused-ring (bicyclic) bond motifs is 15. The van der Waals surface area contributed by atoms with Gasteiger partial charge in [0.1, 0.15) is 126 Å². The normalized spacial score (nSPS) is 29.6. The molecule has 3 fully saturated rings. The molecule has 15 rings (SSSR count). The Labute approximate surface area is 736 Å². The minimum Gasteiger partial charge on any atom is -0.508 e. The van der Waals surface area contributed by atoms with Crippen LogP contribution in [0, 0.1) is 5.92 Å². The predicted octanol–water partition coefficient (Wildman–Crippen LogP) is 2.24. The summed E-state index contributed by atoms with van der Waals surface area (Å²) in [6.07, 6.45) is -29.2. The van der Waals surface area contributed by atoms with Crippen molar-refractivity contribution in [3.63, 3.8) is 0 Å². The number of hydrogen-bond donors (Lipinski definition) is 22. The number of nitrogens with one attached hydrogen (secondary N) is 8. The van der Waals surface area contributed by atoms with Gasteiger partial charge in [-0.05, 0) is 146 Å². The summed E-state index contributed by atoms with van der Waals surface area (Å²) < 4.78 is 57.1. The van der Waals surface area contributed by atoms with Gasteiger partial charge in [0.25, 0.3) is 0 Å². The molecule has 11 bridgehead atoms. The second kappa shape index (κ2) is 39.1. The lowest BCUT2D eigenvalue weighted by atomic mass is 9.86. The molecule has 7 amide bonds. The Morgan fingerprint density at radius 3 is 1.94 bits per heavy atom. The van der Waals surface area contributed by atoms with Gasteiger partial charge < -0.3 is 158 Å². The average molecular weight is 1830 g/mol. The first-order chi connectivity index (χ1) is 59.8. The van der Waals surface area contributed by atoms with Crippen molar-refractivity contribution in [2.75, 3.05) is 20.2 Å². The van der Waals surface area contributed by atoms with Crippen LogP contribution in [0.15, 0.2) is 115 Å². The molecular weight excluding hydrogens is 1740 g/mol. The molecule has 0 aliphatic carbocycles. The molecule has 23 atom stereocenters. The number of benzene rings is 6. The highest BCUT2D eigenvalue weighted by Gasteiger charge is 2.53. The smallest absolute Gasteiger partial charge is 0.330 e. The number of phenolic OH excluding ortho intramolecular Hbond substituents is 3. The third-order valence-electron chi connectivity index (χ3n) is 22.0. The minimum absolute atomic E-state index is 0.131. The van der Waals surface area contributed by atoms with Crippen molar-refractivity contribution in [1.82, 2.24) is 42.5 Å². The number of primary amides is 1. The van der Waals surface area contributed by atoms with Gasteiger partial charge in [0.15, 0.2) is 35.2 Å². The Hall–Kier alpha value is -10.4. The first kappa shape index (κ1) is 93.3. The quantitative estimate of drug-likeness (QED) is 0.0490. The van der Waals surface area contributed by atoms with Gasteiger partial charge in [-0.1, -0.05) is 66.8 Å². The number of phenols is 3. The number of nitrogens with two attached hydrogens (primary N) is 2. The third kappa shape index (κ3) is 20.6. The summed E-state index contributed by atoms with van der Waals surface area (Å²) in [5, 5.41) is 160. The Kier molecular flexibility index (Phi) is 28.9. The van der Waals surface area contributed by atoms with Gasteiger partial charge in [-0.15, -0.1) is 11.3 Å². The van der Waals surface area contributed by atoms with Crippen LogP contribution in [0.2, 0.25) is 15.1 Å². The van der Waals surface area contributed by atoms with Gasteiger partial charge in [-0.2, -0.15) is 0 Å². The molecule has 24 N–H and O–H groups in total. The Morgan fingerprint density at radius 2 is 1.29 bits per heavy atom. The fraction of sp³-hybridized carbons (Fsp3) is 0.422. The molecule has 126 heavy (non-hydrogen) atoms. The van der Waals surface area contributed by atoms with E-state index in [4.69, 9.17) is 88.9 Å². The number of likely N-dealkylation sites (N-methyl/N-ethyl adjacent to an activating group) is 1. The first-order valence-electron chi connectivity index (χ1n) is 39.6. The summed E-state index contributed by atoms with van der Waals surface area (Å²) >= 11 is 21.8. The number of aliphatic hydroxyl groups excluding tert-OH is 8. The van der Waals surface area contributed by atoms with E-state index in [9.17, 15) is 75.7 Å². The van der Waals surface area contributed by atoms with Crippen molar-refractivity contribution < 1.29 is 142 Å². The molecule has 1 aromatic heterocycles. The van der Waals surface area contributed by atoms with Gasteiger partial charge in [-0.25, -0.2) is 4.79 Å². The lowest BCUT2D eigenvalue weighted by Gasteiger charge is -2.46. The van der Waals surface area contributed by atoms with Crippen LogP contribution in [0.25, 0.3) is 11.1 Å². The molecule has 43 heteroatoms. The topological polar surface area (TPSA) is 611 Å². The minimum atomic E-state index is -2.43.